The average Bonchev–Trinajstić information content (AvgIpc) is 3.19. The number of hydrogen-bond donors (Lipinski definition) is 1. The number of hydrogen-bond acceptors (Lipinski definition) is 3. The lowest BCUT2D eigenvalue weighted by Crippen LogP contribution is -2.52. The highest BCUT2D eigenvalue weighted by molar-refractivity contribution is 5.83. The average molecular weight is 276 g/mol. The van der Waals surface area contributed by atoms with Gasteiger partial charge in [-0.1, -0.05) is 6.92 Å². The maximum atomic E-state index is 12.8. The second-order valence-corrected chi connectivity index (χ2v) is 6.26. The third-order valence-electron chi connectivity index (χ3n) is 4.43. The largest absolute Gasteiger partial charge is 0.464 e. The number of amides is 1. The van der Waals surface area contributed by atoms with E-state index in [-0.39, 0.29) is 11.9 Å². The molecule has 0 bridgehead atoms. The van der Waals surface area contributed by atoms with Gasteiger partial charge in [-0.05, 0) is 57.2 Å². The summed E-state index contributed by atoms with van der Waals surface area (Å²) in [7, 11) is 0. The van der Waals surface area contributed by atoms with Crippen molar-refractivity contribution in [2.75, 3.05) is 6.54 Å². The molecule has 0 aromatic carbocycles. The summed E-state index contributed by atoms with van der Waals surface area (Å²) in [5.41, 5.74) is 0. The molecule has 3 rings (SSSR count). The van der Waals surface area contributed by atoms with Gasteiger partial charge in [0.05, 0.1) is 12.6 Å². The third-order valence-corrected chi connectivity index (χ3v) is 4.43. The molecular formula is C16H24N2O2. The predicted octanol–water partition coefficient (Wildman–Crippen LogP) is 2.47. The molecule has 2 fully saturated rings. The van der Waals surface area contributed by atoms with Crippen molar-refractivity contribution in [1.82, 2.24) is 10.2 Å². The van der Waals surface area contributed by atoms with Gasteiger partial charge in [-0.25, -0.2) is 0 Å². The molecule has 2 atom stereocenters. The Bertz CT molecular complexity index is 479. The number of furan rings is 1. The molecule has 1 saturated carbocycles. The minimum Gasteiger partial charge on any atom is -0.464 e. The van der Waals surface area contributed by atoms with E-state index in [0.717, 1.165) is 37.3 Å². The third kappa shape index (κ3) is 2.90. The first kappa shape index (κ1) is 13.7. The fourth-order valence-corrected chi connectivity index (χ4v) is 3.07. The lowest BCUT2D eigenvalue weighted by atomic mass is 9.91. The van der Waals surface area contributed by atoms with Crippen LogP contribution in [0.1, 0.15) is 44.1 Å². The highest BCUT2D eigenvalue weighted by atomic mass is 16.3. The summed E-state index contributed by atoms with van der Waals surface area (Å²) >= 11 is 0. The van der Waals surface area contributed by atoms with Crippen molar-refractivity contribution in [3.63, 3.8) is 0 Å². The highest BCUT2D eigenvalue weighted by Crippen LogP contribution is 2.31. The fourth-order valence-electron chi connectivity index (χ4n) is 3.07. The molecule has 0 spiro atoms. The number of carbonyl (C=O) groups is 1. The molecule has 1 saturated heterocycles. The fraction of sp³-hybridized carbons (Fsp3) is 0.688. The van der Waals surface area contributed by atoms with Crippen molar-refractivity contribution in [3.8, 4) is 0 Å². The van der Waals surface area contributed by atoms with Crippen LogP contribution in [0.3, 0.4) is 0 Å². The zero-order valence-corrected chi connectivity index (χ0v) is 12.4. The first-order valence-corrected chi connectivity index (χ1v) is 7.74. The Labute approximate surface area is 120 Å². The van der Waals surface area contributed by atoms with Crippen LogP contribution in [0.2, 0.25) is 0 Å². The minimum atomic E-state index is -0.0135. The Kier molecular flexibility index (Phi) is 3.83. The zero-order chi connectivity index (χ0) is 14.1. The number of nitrogens with one attached hydrogen (secondary N) is 1. The van der Waals surface area contributed by atoms with Crippen LogP contribution in [-0.4, -0.2) is 29.4 Å². The lowest BCUT2D eigenvalue weighted by molar-refractivity contribution is -0.136. The number of piperidine rings is 1. The van der Waals surface area contributed by atoms with E-state index in [1.165, 1.54) is 6.42 Å². The quantitative estimate of drug-likeness (QED) is 0.919. The van der Waals surface area contributed by atoms with Gasteiger partial charge in [0, 0.05) is 6.04 Å². The molecule has 4 heteroatoms. The summed E-state index contributed by atoms with van der Waals surface area (Å²) in [6.45, 7) is 5.69. The van der Waals surface area contributed by atoms with Crippen molar-refractivity contribution < 1.29 is 9.21 Å². The molecule has 1 aliphatic carbocycles. The maximum Gasteiger partial charge on any atom is 0.240 e. The van der Waals surface area contributed by atoms with E-state index >= 15 is 0 Å². The molecule has 2 unspecified atom stereocenters. The van der Waals surface area contributed by atoms with Gasteiger partial charge in [0.25, 0.3) is 0 Å². The van der Waals surface area contributed by atoms with Crippen LogP contribution in [0.5, 0.6) is 0 Å². The summed E-state index contributed by atoms with van der Waals surface area (Å²) in [6.07, 6.45) is 4.58. The van der Waals surface area contributed by atoms with Crippen LogP contribution < -0.4 is 5.32 Å². The van der Waals surface area contributed by atoms with Gasteiger partial charge in [-0.15, -0.1) is 0 Å². The lowest BCUT2D eigenvalue weighted by Gasteiger charge is -2.33. The Hall–Kier alpha value is -1.29. The van der Waals surface area contributed by atoms with E-state index < -0.39 is 0 Å². The maximum absolute atomic E-state index is 12.8. The van der Waals surface area contributed by atoms with E-state index in [0.29, 0.717) is 18.5 Å². The smallest absolute Gasteiger partial charge is 0.240 e. The number of carbonyl (C=O) groups excluding carboxylic acids is 1. The number of rotatable bonds is 4. The van der Waals surface area contributed by atoms with Crippen molar-refractivity contribution in [2.24, 2.45) is 5.92 Å². The van der Waals surface area contributed by atoms with Gasteiger partial charge < -0.3 is 14.6 Å². The molecule has 4 nitrogen and oxygen atoms in total. The highest BCUT2D eigenvalue weighted by Gasteiger charge is 2.38. The Morgan fingerprint density at radius 1 is 1.40 bits per heavy atom. The molecule has 2 heterocycles. The van der Waals surface area contributed by atoms with Crippen LogP contribution in [0, 0.1) is 12.8 Å². The molecule has 1 aliphatic heterocycles. The molecule has 1 aromatic rings. The number of nitrogens with zero attached hydrogens (tertiary/aromatic N) is 1. The first-order valence-electron chi connectivity index (χ1n) is 7.74. The predicted molar refractivity (Wildman–Crippen MR) is 77.2 cm³/mol. The Morgan fingerprint density at radius 3 is 2.80 bits per heavy atom. The zero-order valence-electron chi connectivity index (χ0n) is 12.4. The Balaban J connectivity index is 1.71. The van der Waals surface area contributed by atoms with Crippen LogP contribution in [0.25, 0.3) is 0 Å². The Morgan fingerprint density at radius 2 is 2.20 bits per heavy atom. The molecule has 1 N–H and O–H groups in total. The summed E-state index contributed by atoms with van der Waals surface area (Å²) in [5.74, 6) is 2.49. The first-order chi connectivity index (χ1) is 9.65. The molecular weight excluding hydrogens is 252 g/mol. The summed E-state index contributed by atoms with van der Waals surface area (Å²) < 4.78 is 5.64. The van der Waals surface area contributed by atoms with Crippen LogP contribution in [0.15, 0.2) is 16.5 Å². The summed E-state index contributed by atoms with van der Waals surface area (Å²) in [4.78, 5) is 14.8. The summed E-state index contributed by atoms with van der Waals surface area (Å²) in [6, 6.07) is 4.35. The monoisotopic (exact) mass is 276 g/mol. The van der Waals surface area contributed by atoms with Gasteiger partial charge in [0.2, 0.25) is 5.91 Å². The number of aryl methyl sites for hydroxylation is 1. The van der Waals surface area contributed by atoms with Gasteiger partial charge >= 0.3 is 0 Å². The van der Waals surface area contributed by atoms with Gasteiger partial charge in [-0.2, -0.15) is 0 Å². The molecule has 1 amide bonds. The molecule has 110 valence electrons. The second-order valence-electron chi connectivity index (χ2n) is 6.26. The van der Waals surface area contributed by atoms with Gasteiger partial charge in [0.15, 0.2) is 0 Å². The van der Waals surface area contributed by atoms with Crippen molar-refractivity contribution >= 4 is 5.91 Å². The normalized spacial score (nSPS) is 26.5. The van der Waals surface area contributed by atoms with E-state index in [9.17, 15) is 4.79 Å². The topological polar surface area (TPSA) is 45.5 Å². The van der Waals surface area contributed by atoms with E-state index in [2.05, 4.69) is 12.2 Å². The molecule has 2 aliphatic rings. The SMILES string of the molecule is Cc1ccc(CN(C(=O)C2NCCCC2C)C2CC2)o1. The van der Waals surface area contributed by atoms with Crippen molar-refractivity contribution in [1.29, 1.82) is 0 Å². The van der Waals surface area contributed by atoms with Crippen molar-refractivity contribution in [3.05, 3.63) is 23.7 Å². The molecule has 0 radical (unpaired) electrons. The van der Waals surface area contributed by atoms with Crippen LogP contribution in [0.4, 0.5) is 0 Å². The van der Waals surface area contributed by atoms with Crippen LogP contribution >= 0.6 is 0 Å². The van der Waals surface area contributed by atoms with Crippen LogP contribution in [-0.2, 0) is 11.3 Å². The van der Waals surface area contributed by atoms with Crippen molar-refractivity contribution in [2.45, 2.75) is 58.2 Å². The standard InChI is InChI=1S/C16H24N2O2/c1-11-4-3-9-17-15(11)16(19)18(13-6-7-13)10-14-8-5-12(2)20-14/h5,8,11,13,15,17H,3-4,6-7,9-10H2,1-2H3. The summed E-state index contributed by atoms with van der Waals surface area (Å²) in [5, 5.41) is 3.40. The van der Waals surface area contributed by atoms with E-state index in [1.54, 1.807) is 0 Å². The second kappa shape index (κ2) is 5.60. The minimum absolute atomic E-state index is 0.0135. The van der Waals surface area contributed by atoms with E-state index in [1.807, 2.05) is 24.0 Å². The van der Waals surface area contributed by atoms with Gasteiger partial charge in [0.1, 0.15) is 11.5 Å². The molecule has 1 aromatic heterocycles. The van der Waals surface area contributed by atoms with Gasteiger partial charge in [-0.3, -0.25) is 4.79 Å². The molecule has 20 heavy (non-hydrogen) atoms. The van der Waals surface area contributed by atoms with E-state index in [4.69, 9.17) is 4.42 Å².